The van der Waals surface area contributed by atoms with Crippen molar-refractivity contribution in [2.24, 2.45) is 0 Å². The number of benzene rings is 1. The highest BCUT2D eigenvalue weighted by molar-refractivity contribution is 9.10. The molecule has 0 radical (unpaired) electrons. The number of nitrogens with zero attached hydrogens (tertiary/aromatic N) is 2. The summed E-state index contributed by atoms with van der Waals surface area (Å²) in [4.78, 5) is 4.93. The Morgan fingerprint density at radius 3 is 2.15 bits per heavy atom. The molecule has 0 spiro atoms. The molecule has 3 nitrogen and oxygen atoms in total. The molecule has 20 heavy (non-hydrogen) atoms. The molecule has 114 valence electrons. The van der Waals surface area contributed by atoms with Crippen molar-refractivity contribution >= 4 is 21.6 Å². The van der Waals surface area contributed by atoms with Crippen LogP contribution in [0.4, 0.5) is 5.69 Å². The van der Waals surface area contributed by atoms with Gasteiger partial charge in [0.2, 0.25) is 0 Å². The number of halogens is 1. The maximum Gasteiger partial charge on any atom is 0.0371 e. The Bertz CT molecular complexity index is 371. The maximum atomic E-state index is 6.08. The zero-order valence-corrected chi connectivity index (χ0v) is 14.6. The summed E-state index contributed by atoms with van der Waals surface area (Å²) in [7, 11) is 0. The fraction of sp³-hybridized carbons (Fsp3) is 0.625. The summed E-state index contributed by atoms with van der Waals surface area (Å²) in [6.07, 6.45) is 1.21. The quantitative estimate of drug-likeness (QED) is 0.696. The largest absolute Gasteiger partial charge is 0.398 e. The molecule has 0 fully saturated rings. The van der Waals surface area contributed by atoms with Crippen molar-refractivity contribution < 1.29 is 0 Å². The lowest BCUT2D eigenvalue weighted by atomic mass is 10.1. The fourth-order valence-corrected chi connectivity index (χ4v) is 2.88. The molecule has 1 aromatic carbocycles. The van der Waals surface area contributed by atoms with Crippen LogP contribution in [0, 0.1) is 0 Å². The Kier molecular flexibility index (Phi) is 8.19. The lowest BCUT2D eigenvalue weighted by Crippen LogP contribution is -2.30. The van der Waals surface area contributed by atoms with Gasteiger partial charge in [-0.15, -0.1) is 0 Å². The van der Waals surface area contributed by atoms with E-state index < -0.39 is 0 Å². The molecule has 0 saturated heterocycles. The summed E-state index contributed by atoms with van der Waals surface area (Å²) in [5, 5.41) is 0. The van der Waals surface area contributed by atoms with Gasteiger partial charge >= 0.3 is 0 Å². The first-order valence-electron chi connectivity index (χ1n) is 7.59. The molecular formula is C16H28BrN3. The van der Waals surface area contributed by atoms with Crippen molar-refractivity contribution in [1.29, 1.82) is 0 Å². The summed E-state index contributed by atoms with van der Waals surface area (Å²) in [5.41, 5.74) is 8.16. The van der Waals surface area contributed by atoms with Gasteiger partial charge in [0.1, 0.15) is 0 Å². The number of nitrogen functional groups attached to an aromatic ring is 1. The molecule has 0 bridgehead atoms. The van der Waals surface area contributed by atoms with Crippen LogP contribution in [0.2, 0.25) is 0 Å². The molecule has 1 rings (SSSR count). The Morgan fingerprint density at radius 1 is 1.00 bits per heavy atom. The summed E-state index contributed by atoms with van der Waals surface area (Å²) >= 11 is 3.60. The fourth-order valence-electron chi connectivity index (χ4n) is 2.37. The number of anilines is 1. The molecular weight excluding hydrogens is 314 g/mol. The number of nitrogens with two attached hydrogens (primary N) is 1. The third-order valence-corrected chi connectivity index (χ3v) is 4.57. The normalized spacial score (nSPS) is 11.5. The maximum absolute atomic E-state index is 6.08. The molecule has 0 amide bonds. The first kappa shape index (κ1) is 17.5. The molecule has 0 atom stereocenters. The van der Waals surface area contributed by atoms with Gasteiger partial charge < -0.3 is 10.6 Å². The number of hydrogen-bond acceptors (Lipinski definition) is 3. The van der Waals surface area contributed by atoms with E-state index in [1.807, 2.05) is 12.1 Å². The highest BCUT2D eigenvalue weighted by Crippen LogP contribution is 2.24. The highest BCUT2D eigenvalue weighted by atomic mass is 79.9. The first-order valence-corrected chi connectivity index (χ1v) is 8.39. The van der Waals surface area contributed by atoms with Crippen molar-refractivity contribution in [1.82, 2.24) is 9.80 Å². The van der Waals surface area contributed by atoms with E-state index in [-0.39, 0.29) is 0 Å². The van der Waals surface area contributed by atoms with Gasteiger partial charge in [0.15, 0.2) is 0 Å². The molecule has 0 aliphatic heterocycles. The van der Waals surface area contributed by atoms with E-state index in [0.29, 0.717) is 0 Å². The minimum atomic E-state index is 0.876. The van der Waals surface area contributed by atoms with Crippen LogP contribution in [0.3, 0.4) is 0 Å². The van der Waals surface area contributed by atoms with Crippen LogP contribution >= 0.6 is 15.9 Å². The SMILES string of the molecule is CCN(CC)CCCN(CC)Cc1c(N)cccc1Br. The van der Waals surface area contributed by atoms with Crippen LogP contribution in [0.5, 0.6) is 0 Å². The second kappa shape index (κ2) is 9.37. The smallest absolute Gasteiger partial charge is 0.0371 e. The molecule has 0 aliphatic rings. The van der Waals surface area contributed by atoms with Gasteiger partial charge in [-0.1, -0.05) is 42.8 Å². The second-order valence-electron chi connectivity index (χ2n) is 5.06. The Balaban J connectivity index is 2.51. The predicted octanol–water partition coefficient (Wildman–Crippen LogP) is 3.59. The van der Waals surface area contributed by atoms with Gasteiger partial charge in [0, 0.05) is 22.3 Å². The van der Waals surface area contributed by atoms with Crippen LogP contribution in [-0.2, 0) is 6.54 Å². The van der Waals surface area contributed by atoms with E-state index in [9.17, 15) is 0 Å². The van der Waals surface area contributed by atoms with Crippen molar-refractivity contribution in [2.75, 3.05) is 38.5 Å². The highest BCUT2D eigenvalue weighted by Gasteiger charge is 2.10. The van der Waals surface area contributed by atoms with Crippen LogP contribution in [0.25, 0.3) is 0 Å². The van der Waals surface area contributed by atoms with E-state index in [2.05, 4.69) is 52.6 Å². The van der Waals surface area contributed by atoms with Gasteiger partial charge in [-0.05, 0) is 51.3 Å². The molecule has 0 unspecified atom stereocenters. The van der Waals surface area contributed by atoms with Crippen molar-refractivity contribution in [3.8, 4) is 0 Å². The summed E-state index contributed by atoms with van der Waals surface area (Å²) < 4.78 is 1.11. The molecule has 0 heterocycles. The van der Waals surface area contributed by atoms with Gasteiger partial charge in [-0.3, -0.25) is 4.90 Å². The second-order valence-corrected chi connectivity index (χ2v) is 5.91. The zero-order chi connectivity index (χ0) is 15.0. The van der Waals surface area contributed by atoms with Crippen LogP contribution in [0.15, 0.2) is 22.7 Å². The third kappa shape index (κ3) is 5.43. The van der Waals surface area contributed by atoms with Crippen LogP contribution < -0.4 is 5.73 Å². The lowest BCUT2D eigenvalue weighted by molar-refractivity contribution is 0.238. The van der Waals surface area contributed by atoms with E-state index in [1.54, 1.807) is 0 Å². The van der Waals surface area contributed by atoms with Crippen molar-refractivity contribution in [2.45, 2.75) is 33.7 Å². The lowest BCUT2D eigenvalue weighted by Gasteiger charge is -2.24. The van der Waals surface area contributed by atoms with E-state index in [1.165, 1.54) is 18.5 Å². The molecule has 2 N–H and O–H groups in total. The Morgan fingerprint density at radius 2 is 1.60 bits per heavy atom. The van der Waals surface area contributed by atoms with Crippen molar-refractivity contribution in [3.63, 3.8) is 0 Å². The average Bonchev–Trinajstić information content (AvgIpc) is 2.45. The first-order chi connectivity index (χ1) is 9.62. The van der Waals surface area contributed by atoms with Gasteiger partial charge in [-0.25, -0.2) is 0 Å². The van der Waals surface area contributed by atoms with Gasteiger partial charge in [0.25, 0.3) is 0 Å². The van der Waals surface area contributed by atoms with Crippen molar-refractivity contribution in [3.05, 3.63) is 28.2 Å². The summed E-state index contributed by atoms with van der Waals surface area (Å²) in [6, 6.07) is 6.03. The van der Waals surface area contributed by atoms with Gasteiger partial charge in [0.05, 0.1) is 0 Å². The Labute approximate surface area is 132 Å². The monoisotopic (exact) mass is 341 g/mol. The molecule has 1 aromatic rings. The average molecular weight is 342 g/mol. The number of hydrogen-bond donors (Lipinski definition) is 1. The molecule has 0 saturated carbocycles. The third-order valence-electron chi connectivity index (χ3n) is 3.83. The van der Waals surface area contributed by atoms with E-state index in [4.69, 9.17) is 5.73 Å². The zero-order valence-electron chi connectivity index (χ0n) is 13.0. The molecule has 0 aliphatic carbocycles. The molecule has 0 aromatic heterocycles. The predicted molar refractivity (Wildman–Crippen MR) is 91.9 cm³/mol. The van der Waals surface area contributed by atoms with Crippen LogP contribution in [-0.4, -0.2) is 42.5 Å². The van der Waals surface area contributed by atoms with Crippen LogP contribution in [0.1, 0.15) is 32.8 Å². The summed E-state index contributed by atoms with van der Waals surface area (Å²) in [5.74, 6) is 0. The van der Waals surface area contributed by atoms with E-state index in [0.717, 1.165) is 42.9 Å². The number of rotatable bonds is 9. The summed E-state index contributed by atoms with van der Waals surface area (Å²) in [6.45, 7) is 13.2. The van der Waals surface area contributed by atoms with Gasteiger partial charge in [-0.2, -0.15) is 0 Å². The molecule has 4 heteroatoms. The Hall–Kier alpha value is -0.580. The standard InChI is InChI=1S/C16H28BrN3/c1-4-19(5-2)11-8-12-20(6-3)13-14-15(17)9-7-10-16(14)18/h7,9-10H,4-6,8,11-13,18H2,1-3H3. The minimum absolute atomic E-state index is 0.876. The minimum Gasteiger partial charge on any atom is -0.398 e. The van der Waals surface area contributed by atoms with E-state index >= 15 is 0 Å². The topological polar surface area (TPSA) is 32.5 Å².